The third-order valence-electron chi connectivity index (χ3n) is 3.40. The maximum Gasteiger partial charge on any atom is 0.322 e. The number of ether oxygens (including phenoxy) is 1. The van der Waals surface area contributed by atoms with Crippen LogP contribution >= 0.6 is 11.3 Å². The van der Waals surface area contributed by atoms with Crippen LogP contribution in [0.5, 0.6) is 5.75 Å². The molecule has 0 saturated carbocycles. The quantitative estimate of drug-likeness (QED) is 0.853. The van der Waals surface area contributed by atoms with Crippen LogP contribution in [0.25, 0.3) is 0 Å². The molecule has 108 valence electrons. The number of hydrogen-bond donors (Lipinski definition) is 2. The van der Waals surface area contributed by atoms with Gasteiger partial charge in [-0.15, -0.1) is 11.3 Å². The Kier molecular flexibility index (Phi) is 3.39. The largest absolute Gasteiger partial charge is 0.482 e. The summed E-state index contributed by atoms with van der Waals surface area (Å²) in [5.41, 5.74) is -1.14. The van der Waals surface area contributed by atoms with Gasteiger partial charge in [0.1, 0.15) is 5.75 Å². The minimum atomic E-state index is -1.14. The molecule has 0 bridgehead atoms. The number of urea groups is 1. The first-order valence-corrected chi connectivity index (χ1v) is 7.36. The highest BCUT2D eigenvalue weighted by Crippen LogP contribution is 2.35. The summed E-state index contributed by atoms with van der Waals surface area (Å²) >= 11 is 1.48. The van der Waals surface area contributed by atoms with Gasteiger partial charge in [0.2, 0.25) is 0 Å². The number of rotatable bonds is 4. The van der Waals surface area contributed by atoms with Crippen molar-refractivity contribution in [2.75, 3.05) is 0 Å². The Morgan fingerprint density at radius 3 is 2.48 bits per heavy atom. The monoisotopic (exact) mass is 302 g/mol. The van der Waals surface area contributed by atoms with Gasteiger partial charge in [-0.1, -0.05) is 24.3 Å². The summed E-state index contributed by atoms with van der Waals surface area (Å²) in [7, 11) is 0. The lowest BCUT2D eigenvalue weighted by Crippen LogP contribution is -2.50. The van der Waals surface area contributed by atoms with Gasteiger partial charge >= 0.3 is 6.03 Å². The minimum absolute atomic E-state index is 0.387. The van der Waals surface area contributed by atoms with Crippen molar-refractivity contribution in [3.05, 3.63) is 52.7 Å². The second-order valence-corrected chi connectivity index (χ2v) is 5.92. The Bertz CT molecular complexity index is 657. The van der Waals surface area contributed by atoms with E-state index in [0.29, 0.717) is 5.75 Å². The summed E-state index contributed by atoms with van der Waals surface area (Å²) in [4.78, 5) is 24.5. The van der Waals surface area contributed by atoms with Crippen LogP contribution in [0, 0.1) is 0 Å². The molecule has 2 unspecified atom stereocenters. The van der Waals surface area contributed by atoms with Crippen molar-refractivity contribution in [2.45, 2.75) is 18.6 Å². The van der Waals surface area contributed by atoms with Crippen molar-refractivity contribution in [3.63, 3.8) is 0 Å². The summed E-state index contributed by atoms with van der Waals surface area (Å²) in [5, 5.41) is 6.85. The predicted octanol–water partition coefficient (Wildman–Crippen LogP) is 2.47. The van der Waals surface area contributed by atoms with Gasteiger partial charge < -0.3 is 10.1 Å². The zero-order valence-corrected chi connectivity index (χ0v) is 12.1. The Morgan fingerprint density at radius 1 is 1.14 bits per heavy atom. The number of thiophene rings is 1. The number of para-hydroxylation sites is 1. The summed E-state index contributed by atoms with van der Waals surface area (Å²) in [6.45, 7) is 1.67. The van der Waals surface area contributed by atoms with Gasteiger partial charge in [0.05, 0.1) is 0 Å². The molecule has 1 aliphatic heterocycles. The van der Waals surface area contributed by atoms with Gasteiger partial charge in [0.15, 0.2) is 11.6 Å². The van der Waals surface area contributed by atoms with E-state index in [9.17, 15) is 9.59 Å². The Labute approximate surface area is 125 Å². The molecule has 0 radical (unpaired) electrons. The number of nitrogens with one attached hydrogen (secondary N) is 2. The molecule has 2 heterocycles. The Morgan fingerprint density at radius 2 is 1.90 bits per heavy atom. The van der Waals surface area contributed by atoms with Crippen molar-refractivity contribution in [3.8, 4) is 5.75 Å². The molecule has 0 aliphatic carbocycles. The van der Waals surface area contributed by atoms with Crippen LogP contribution in [-0.4, -0.2) is 17.5 Å². The van der Waals surface area contributed by atoms with Crippen molar-refractivity contribution in [2.24, 2.45) is 0 Å². The van der Waals surface area contributed by atoms with E-state index in [-0.39, 0.29) is 5.91 Å². The fourth-order valence-corrected chi connectivity index (χ4v) is 3.16. The molecule has 0 spiro atoms. The lowest BCUT2D eigenvalue weighted by atomic mass is 9.93. The van der Waals surface area contributed by atoms with Gasteiger partial charge in [0, 0.05) is 4.88 Å². The number of hydrogen-bond acceptors (Lipinski definition) is 4. The normalized spacial score (nSPS) is 22.5. The van der Waals surface area contributed by atoms with Crippen molar-refractivity contribution in [1.29, 1.82) is 0 Å². The Hall–Kier alpha value is -2.34. The first kappa shape index (κ1) is 13.6. The summed E-state index contributed by atoms with van der Waals surface area (Å²) in [6, 6.07) is 12.5. The van der Waals surface area contributed by atoms with E-state index >= 15 is 0 Å². The maximum absolute atomic E-state index is 12.2. The summed E-state index contributed by atoms with van der Waals surface area (Å²) < 4.78 is 6.00. The topological polar surface area (TPSA) is 67.4 Å². The van der Waals surface area contributed by atoms with Crippen molar-refractivity contribution >= 4 is 23.3 Å². The van der Waals surface area contributed by atoms with E-state index in [2.05, 4.69) is 10.6 Å². The predicted molar refractivity (Wildman–Crippen MR) is 79.2 cm³/mol. The van der Waals surface area contributed by atoms with Gasteiger partial charge in [-0.3, -0.25) is 10.1 Å². The molecular weight excluding hydrogens is 288 g/mol. The van der Waals surface area contributed by atoms with Crippen LogP contribution in [0.15, 0.2) is 47.8 Å². The highest BCUT2D eigenvalue weighted by molar-refractivity contribution is 7.10. The molecule has 5 nitrogen and oxygen atoms in total. The van der Waals surface area contributed by atoms with Crippen LogP contribution in [0.1, 0.15) is 17.9 Å². The lowest BCUT2D eigenvalue weighted by molar-refractivity contribution is -0.126. The average Bonchev–Trinajstić information content (AvgIpc) is 3.07. The lowest BCUT2D eigenvalue weighted by Gasteiger charge is -2.30. The van der Waals surface area contributed by atoms with E-state index in [1.807, 2.05) is 47.8 Å². The van der Waals surface area contributed by atoms with Gasteiger partial charge in [-0.25, -0.2) is 4.79 Å². The van der Waals surface area contributed by atoms with E-state index < -0.39 is 17.7 Å². The molecule has 2 atom stereocenters. The van der Waals surface area contributed by atoms with Gasteiger partial charge in [-0.05, 0) is 30.5 Å². The van der Waals surface area contributed by atoms with Crippen LogP contribution < -0.4 is 15.4 Å². The van der Waals surface area contributed by atoms with Crippen LogP contribution in [0.3, 0.4) is 0 Å². The molecule has 21 heavy (non-hydrogen) atoms. The number of amides is 3. The molecule has 3 amide bonds. The third-order valence-corrected chi connectivity index (χ3v) is 4.31. The van der Waals surface area contributed by atoms with E-state index in [4.69, 9.17) is 4.74 Å². The number of benzene rings is 1. The molecule has 1 saturated heterocycles. The van der Waals surface area contributed by atoms with E-state index in [0.717, 1.165) is 4.88 Å². The fourth-order valence-electron chi connectivity index (χ4n) is 2.28. The Balaban J connectivity index is 1.97. The first-order chi connectivity index (χ1) is 10.1. The molecule has 1 aromatic heterocycles. The first-order valence-electron chi connectivity index (χ1n) is 6.48. The summed E-state index contributed by atoms with van der Waals surface area (Å²) in [5.74, 6) is 0.257. The molecule has 1 aliphatic rings. The van der Waals surface area contributed by atoms with Crippen LogP contribution in [0.4, 0.5) is 4.79 Å². The van der Waals surface area contributed by atoms with Crippen molar-refractivity contribution < 1.29 is 14.3 Å². The third kappa shape index (κ3) is 2.50. The van der Waals surface area contributed by atoms with Crippen molar-refractivity contribution in [1.82, 2.24) is 10.6 Å². The highest BCUT2D eigenvalue weighted by Gasteiger charge is 2.50. The molecular formula is C15H14N2O3S. The molecule has 2 N–H and O–H groups in total. The fraction of sp³-hybridized carbons (Fsp3) is 0.200. The maximum atomic E-state index is 12.2. The smallest absolute Gasteiger partial charge is 0.322 e. The van der Waals surface area contributed by atoms with E-state index in [1.165, 1.54) is 11.3 Å². The SMILES string of the molecule is CC1(C(Oc2ccccc2)c2cccs2)NC(=O)NC1=O. The molecule has 1 fully saturated rings. The molecule has 1 aromatic carbocycles. The second-order valence-electron chi connectivity index (χ2n) is 4.94. The summed E-state index contributed by atoms with van der Waals surface area (Å²) in [6.07, 6.45) is -0.591. The standard InChI is InChI=1S/C15H14N2O3S/c1-15(13(18)16-14(19)17-15)12(11-8-5-9-21-11)20-10-6-3-2-4-7-10/h2-9,12H,1H3,(H2,16,17,18,19). The minimum Gasteiger partial charge on any atom is -0.482 e. The van der Waals surface area contributed by atoms with Crippen LogP contribution in [-0.2, 0) is 4.79 Å². The molecule has 3 rings (SSSR count). The number of carbonyl (C=O) groups excluding carboxylic acids is 2. The zero-order valence-electron chi connectivity index (χ0n) is 11.3. The highest BCUT2D eigenvalue weighted by atomic mass is 32.1. The van der Waals surface area contributed by atoms with E-state index in [1.54, 1.807) is 6.92 Å². The average molecular weight is 302 g/mol. The van der Waals surface area contributed by atoms with Gasteiger partial charge in [-0.2, -0.15) is 0 Å². The molecule has 2 aromatic rings. The molecule has 6 heteroatoms. The van der Waals surface area contributed by atoms with Crippen LogP contribution in [0.2, 0.25) is 0 Å². The second kappa shape index (κ2) is 5.21. The van der Waals surface area contributed by atoms with Gasteiger partial charge in [0.25, 0.3) is 5.91 Å². The number of imide groups is 1. The number of carbonyl (C=O) groups is 2. The zero-order chi connectivity index (χ0) is 14.9.